The number of rotatable bonds is 4. The second kappa shape index (κ2) is 4.89. The average molecular weight is 211 g/mol. The number of nitrogens with one attached hydrogen (secondary N) is 1. The smallest absolute Gasteiger partial charge is 0.147 e. The maximum absolute atomic E-state index is 12.9. The van der Waals surface area contributed by atoms with E-state index in [0.717, 1.165) is 6.07 Å². The molecule has 2 N–H and O–H groups in total. The molecule has 1 aromatic rings. The number of carbonyl (C=O) groups excluding carboxylic acids is 1. The van der Waals surface area contributed by atoms with Gasteiger partial charge in [-0.1, -0.05) is 0 Å². The van der Waals surface area contributed by atoms with E-state index in [2.05, 4.69) is 5.32 Å². The first-order valence-electron chi connectivity index (χ1n) is 4.69. The Morgan fingerprint density at radius 2 is 2.20 bits per heavy atom. The third kappa shape index (κ3) is 3.32. The minimum atomic E-state index is -0.497. The Kier molecular flexibility index (Phi) is 3.80. The van der Waals surface area contributed by atoms with Crippen LogP contribution < -0.4 is 5.32 Å². The second-order valence-corrected chi connectivity index (χ2v) is 3.47. The second-order valence-electron chi connectivity index (χ2n) is 3.47. The molecule has 1 atom stereocenters. The molecule has 0 saturated heterocycles. The summed E-state index contributed by atoms with van der Waals surface area (Å²) in [5.74, 6) is -0.631. The molecule has 0 aliphatic carbocycles. The molecule has 0 amide bonds. The summed E-state index contributed by atoms with van der Waals surface area (Å²) < 4.78 is 12.9. The van der Waals surface area contributed by atoms with Gasteiger partial charge >= 0.3 is 0 Å². The van der Waals surface area contributed by atoms with Crippen LogP contribution >= 0.6 is 0 Å². The molecule has 0 saturated carbocycles. The van der Waals surface area contributed by atoms with Crippen LogP contribution in [0.4, 0.5) is 4.39 Å². The molecular formula is C11H14FNO2. The van der Waals surface area contributed by atoms with Gasteiger partial charge in [0.2, 0.25) is 0 Å². The monoisotopic (exact) mass is 211 g/mol. The molecule has 0 heterocycles. The summed E-state index contributed by atoms with van der Waals surface area (Å²) in [6.07, 6.45) is 0.372. The molecule has 15 heavy (non-hydrogen) atoms. The van der Waals surface area contributed by atoms with Gasteiger partial charge in [0.15, 0.2) is 0 Å². The van der Waals surface area contributed by atoms with Gasteiger partial charge in [0.1, 0.15) is 17.3 Å². The topological polar surface area (TPSA) is 49.3 Å². The summed E-state index contributed by atoms with van der Waals surface area (Å²) in [7, 11) is 1.67. The highest BCUT2D eigenvalue weighted by molar-refractivity contribution is 5.81. The quantitative estimate of drug-likeness (QED) is 0.788. The molecule has 0 fully saturated rings. The maximum atomic E-state index is 12.9. The van der Waals surface area contributed by atoms with Crippen LogP contribution in [0.2, 0.25) is 0 Å². The van der Waals surface area contributed by atoms with E-state index in [1.165, 1.54) is 19.1 Å². The zero-order chi connectivity index (χ0) is 11.4. The van der Waals surface area contributed by atoms with E-state index in [1.807, 2.05) is 0 Å². The normalized spacial score (nSPS) is 12.5. The van der Waals surface area contributed by atoms with E-state index in [0.29, 0.717) is 12.0 Å². The van der Waals surface area contributed by atoms with E-state index in [9.17, 15) is 14.3 Å². The number of ketones is 1. The molecule has 0 spiro atoms. The molecule has 0 aromatic heterocycles. The van der Waals surface area contributed by atoms with Crippen molar-refractivity contribution in [3.8, 4) is 5.75 Å². The number of hydrogen-bond donors (Lipinski definition) is 2. The number of likely N-dealkylation sites (N-methyl/N-ethyl adjacent to an activating group) is 1. The van der Waals surface area contributed by atoms with Crippen molar-refractivity contribution in [2.24, 2.45) is 0 Å². The first kappa shape index (κ1) is 11.7. The van der Waals surface area contributed by atoms with E-state index in [1.54, 1.807) is 7.05 Å². The molecule has 1 rings (SSSR count). The maximum Gasteiger partial charge on any atom is 0.147 e. The van der Waals surface area contributed by atoms with Gasteiger partial charge in [-0.3, -0.25) is 4.79 Å². The molecule has 1 unspecified atom stereocenters. The SMILES string of the molecule is CNC(Cc1cc(O)cc(F)c1)C(C)=O. The van der Waals surface area contributed by atoms with E-state index < -0.39 is 5.82 Å². The summed E-state index contributed by atoms with van der Waals surface area (Å²) in [5, 5.41) is 12.0. The number of benzene rings is 1. The van der Waals surface area contributed by atoms with Crippen LogP contribution in [0.1, 0.15) is 12.5 Å². The molecule has 4 heteroatoms. The Morgan fingerprint density at radius 3 is 2.67 bits per heavy atom. The van der Waals surface area contributed by atoms with Crippen LogP contribution in [0.5, 0.6) is 5.75 Å². The molecule has 0 bridgehead atoms. The predicted octanol–water partition coefficient (Wildman–Crippen LogP) is 1.25. The van der Waals surface area contributed by atoms with Gasteiger partial charge in [0, 0.05) is 6.07 Å². The molecule has 1 aromatic carbocycles. The Bertz CT molecular complexity index is 345. The average Bonchev–Trinajstić information content (AvgIpc) is 2.12. The summed E-state index contributed by atoms with van der Waals surface area (Å²) in [5.41, 5.74) is 0.599. The van der Waals surface area contributed by atoms with Gasteiger partial charge in [-0.25, -0.2) is 4.39 Å². The number of phenolic OH excluding ortho intramolecular Hbond substituents is 1. The highest BCUT2D eigenvalue weighted by atomic mass is 19.1. The van der Waals surface area contributed by atoms with Gasteiger partial charge in [-0.2, -0.15) is 0 Å². The molecule has 0 aliphatic heterocycles. The van der Waals surface area contributed by atoms with Crippen molar-refractivity contribution in [1.29, 1.82) is 0 Å². The number of phenols is 1. The third-order valence-corrected chi connectivity index (χ3v) is 2.22. The summed E-state index contributed by atoms with van der Waals surface area (Å²) in [4.78, 5) is 11.1. The highest BCUT2D eigenvalue weighted by Crippen LogP contribution is 2.16. The predicted molar refractivity (Wildman–Crippen MR) is 55.3 cm³/mol. The molecule has 0 radical (unpaired) electrons. The van der Waals surface area contributed by atoms with Crippen molar-refractivity contribution in [2.75, 3.05) is 7.05 Å². The fraction of sp³-hybridized carbons (Fsp3) is 0.364. The van der Waals surface area contributed by atoms with Crippen LogP contribution in [0.3, 0.4) is 0 Å². The third-order valence-electron chi connectivity index (χ3n) is 2.22. The van der Waals surface area contributed by atoms with Crippen LogP contribution in [0.25, 0.3) is 0 Å². The standard InChI is InChI=1S/C11H14FNO2/c1-7(14)11(13-2)5-8-3-9(12)6-10(15)4-8/h3-4,6,11,13,15H,5H2,1-2H3. The highest BCUT2D eigenvalue weighted by Gasteiger charge is 2.13. The number of carbonyl (C=O) groups is 1. The Hall–Kier alpha value is -1.42. The number of halogens is 1. The van der Waals surface area contributed by atoms with Gasteiger partial charge in [0.05, 0.1) is 6.04 Å². The largest absolute Gasteiger partial charge is 0.508 e. The van der Waals surface area contributed by atoms with Gasteiger partial charge in [-0.15, -0.1) is 0 Å². The molecule has 82 valence electrons. The van der Waals surface area contributed by atoms with Crippen molar-refractivity contribution in [1.82, 2.24) is 5.32 Å². The zero-order valence-corrected chi connectivity index (χ0v) is 8.75. The first-order chi connectivity index (χ1) is 7.02. The van der Waals surface area contributed by atoms with Crippen molar-refractivity contribution >= 4 is 5.78 Å². The number of hydrogen-bond acceptors (Lipinski definition) is 3. The Labute approximate surface area is 87.9 Å². The molecule has 0 aliphatic rings. The van der Waals surface area contributed by atoms with Gasteiger partial charge in [0.25, 0.3) is 0 Å². The van der Waals surface area contributed by atoms with E-state index >= 15 is 0 Å². The fourth-order valence-corrected chi connectivity index (χ4v) is 1.44. The summed E-state index contributed by atoms with van der Waals surface area (Å²) in [6, 6.07) is 3.46. The number of Topliss-reactive ketones (excluding diaryl/α,β-unsaturated/α-hetero) is 1. The lowest BCUT2D eigenvalue weighted by Crippen LogP contribution is -2.34. The number of aromatic hydroxyl groups is 1. The van der Waals surface area contributed by atoms with Gasteiger partial charge < -0.3 is 10.4 Å². The fourth-order valence-electron chi connectivity index (χ4n) is 1.44. The van der Waals surface area contributed by atoms with Crippen molar-refractivity contribution < 1.29 is 14.3 Å². The Morgan fingerprint density at radius 1 is 1.53 bits per heavy atom. The minimum Gasteiger partial charge on any atom is -0.508 e. The molecular weight excluding hydrogens is 197 g/mol. The zero-order valence-electron chi connectivity index (χ0n) is 8.75. The van der Waals surface area contributed by atoms with Crippen LogP contribution in [0.15, 0.2) is 18.2 Å². The summed E-state index contributed by atoms with van der Waals surface area (Å²) >= 11 is 0. The van der Waals surface area contributed by atoms with Crippen LogP contribution in [-0.4, -0.2) is 24.0 Å². The first-order valence-corrected chi connectivity index (χ1v) is 4.69. The Balaban J connectivity index is 2.83. The van der Waals surface area contributed by atoms with Gasteiger partial charge in [-0.05, 0) is 38.1 Å². The van der Waals surface area contributed by atoms with Crippen LogP contribution in [-0.2, 0) is 11.2 Å². The lowest BCUT2D eigenvalue weighted by molar-refractivity contribution is -0.118. The van der Waals surface area contributed by atoms with E-state index in [4.69, 9.17) is 0 Å². The lowest BCUT2D eigenvalue weighted by atomic mass is 10.0. The van der Waals surface area contributed by atoms with Crippen LogP contribution in [0, 0.1) is 5.82 Å². The van der Waals surface area contributed by atoms with E-state index in [-0.39, 0.29) is 17.6 Å². The molecule has 3 nitrogen and oxygen atoms in total. The van der Waals surface area contributed by atoms with Crippen molar-refractivity contribution in [3.05, 3.63) is 29.6 Å². The van der Waals surface area contributed by atoms with Crippen molar-refractivity contribution in [3.63, 3.8) is 0 Å². The van der Waals surface area contributed by atoms with Crippen molar-refractivity contribution in [2.45, 2.75) is 19.4 Å². The summed E-state index contributed by atoms with van der Waals surface area (Å²) in [6.45, 7) is 1.47. The minimum absolute atomic E-state index is 0.0127. The lowest BCUT2D eigenvalue weighted by Gasteiger charge is -2.12.